The van der Waals surface area contributed by atoms with E-state index in [1.165, 1.54) is 154 Å². The first-order chi connectivity index (χ1) is 26.3. The lowest BCUT2D eigenvalue weighted by molar-refractivity contribution is -0.870. The van der Waals surface area contributed by atoms with Crippen molar-refractivity contribution >= 4 is 19.8 Å². The molecule has 0 aromatic carbocycles. The maximum Gasteiger partial charge on any atom is 0.306 e. The number of esters is 2. The van der Waals surface area contributed by atoms with E-state index in [2.05, 4.69) is 13.8 Å². The normalized spacial score (nSPS) is 14.1. The van der Waals surface area contributed by atoms with Gasteiger partial charge in [-0.25, -0.2) is 0 Å². The molecule has 10 heteroatoms. The van der Waals surface area contributed by atoms with Crippen molar-refractivity contribution in [1.29, 1.82) is 0 Å². The van der Waals surface area contributed by atoms with Crippen LogP contribution in [0.1, 0.15) is 226 Å². The third kappa shape index (κ3) is 39.6. The summed E-state index contributed by atoms with van der Waals surface area (Å²) in [4.78, 5) is 38.0. The smallest absolute Gasteiger partial charge is 0.306 e. The zero-order valence-corrected chi connectivity index (χ0v) is 38.0. The van der Waals surface area contributed by atoms with E-state index in [1.54, 1.807) is 6.92 Å². The minimum Gasteiger partial charge on any atom is -0.756 e. The molecule has 0 bridgehead atoms. The predicted octanol–water partition coefficient (Wildman–Crippen LogP) is 12.6. The van der Waals surface area contributed by atoms with E-state index in [0.29, 0.717) is 17.4 Å². The minimum atomic E-state index is -4.66. The van der Waals surface area contributed by atoms with E-state index < -0.39 is 26.0 Å². The van der Waals surface area contributed by atoms with Crippen LogP contribution in [0.5, 0.6) is 0 Å². The summed E-state index contributed by atoms with van der Waals surface area (Å²) in [5, 5.41) is 0. The van der Waals surface area contributed by atoms with Gasteiger partial charge in [0, 0.05) is 12.8 Å². The van der Waals surface area contributed by atoms with Crippen LogP contribution in [0.25, 0.3) is 0 Å². The highest BCUT2D eigenvalue weighted by atomic mass is 31.2. The molecule has 0 spiro atoms. The first kappa shape index (κ1) is 54.0. The van der Waals surface area contributed by atoms with Crippen LogP contribution in [-0.4, -0.2) is 69.5 Å². The van der Waals surface area contributed by atoms with Gasteiger partial charge in [-0.1, -0.05) is 194 Å². The average Bonchev–Trinajstić information content (AvgIpc) is 3.12. The summed E-state index contributed by atoms with van der Waals surface area (Å²) in [5.41, 5.74) is -1.46. The van der Waals surface area contributed by atoms with Crippen molar-refractivity contribution in [3.05, 3.63) is 0 Å². The second-order valence-electron chi connectivity index (χ2n) is 17.6. The van der Waals surface area contributed by atoms with Crippen LogP contribution in [0.15, 0.2) is 0 Å². The Kier molecular flexibility index (Phi) is 35.5. The van der Waals surface area contributed by atoms with Crippen molar-refractivity contribution in [2.75, 3.05) is 47.5 Å². The zero-order chi connectivity index (χ0) is 40.9. The molecule has 0 aliphatic heterocycles. The Hall–Kier alpha value is -0.990. The monoisotopic (exact) mass is 804 g/mol. The van der Waals surface area contributed by atoms with Crippen LogP contribution in [0.4, 0.5) is 0 Å². The molecule has 0 fully saturated rings. The quantitative estimate of drug-likeness (QED) is 0.0260. The van der Waals surface area contributed by atoms with Crippen molar-refractivity contribution < 1.29 is 42.1 Å². The number of hydrogen-bond donors (Lipinski definition) is 0. The number of phosphoric acid groups is 1. The van der Waals surface area contributed by atoms with Gasteiger partial charge >= 0.3 is 11.9 Å². The number of unbranched alkanes of at least 4 members (excludes halogenated alkanes) is 28. The molecular formula is C45H90NO8P. The Bertz CT molecular complexity index is 942. The van der Waals surface area contributed by atoms with Gasteiger partial charge in [-0.2, -0.15) is 0 Å². The fraction of sp³-hybridized carbons (Fsp3) is 0.956. The summed E-state index contributed by atoms with van der Waals surface area (Å²) >= 11 is 0. The number of carbonyl (C=O) groups excluding carboxylic acids is 2. The molecule has 328 valence electrons. The number of likely N-dealkylation sites (N-methyl/N-ethyl adjacent to an activating group) is 1. The second-order valence-corrected chi connectivity index (χ2v) is 19.0. The molecule has 0 aromatic heterocycles. The van der Waals surface area contributed by atoms with E-state index in [1.807, 2.05) is 21.1 Å². The summed E-state index contributed by atoms with van der Waals surface area (Å²) in [6, 6.07) is 0. The molecule has 9 nitrogen and oxygen atoms in total. The summed E-state index contributed by atoms with van der Waals surface area (Å²) < 4.78 is 34.5. The Morgan fingerprint density at radius 1 is 0.509 bits per heavy atom. The molecule has 0 amide bonds. The second kappa shape index (κ2) is 36.1. The van der Waals surface area contributed by atoms with Gasteiger partial charge in [0.25, 0.3) is 7.82 Å². The lowest BCUT2D eigenvalue weighted by Gasteiger charge is -2.32. The summed E-state index contributed by atoms with van der Waals surface area (Å²) in [6.45, 7) is 5.73. The lowest BCUT2D eigenvalue weighted by atomic mass is 10.0. The van der Waals surface area contributed by atoms with Crippen LogP contribution in [0.2, 0.25) is 0 Å². The van der Waals surface area contributed by atoms with Crippen LogP contribution >= 0.6 is 7.82 Å². The summed E-state index contributed by atoms with van der Waals surface area (Å²) in [7, 11) is 1.14. The van der Waals surface area contributed by atoms with Gasteiger partial charge in [-0.3, -0.25) is 14.2 Å². The van der Waals surface area contributed by atoms with Crippen molar-refractivity contribution in [2.45, 2.75) is 232 Å². The van der Waals surface area contributed by atoms with Crippen molar-refractivity contribution in [1.82, 2.24) is 0 Å². The van der Waals surface area contributed by atoms with Gasteiger partial charge in [-0.05, 0) is 19.8 Å². The number of rotatable bonds is 42. The van der Waals surface area contributed by atoms with Gasteiger partial charge in [0.05, 0.1) is 27.7 Å². The maximum atomic E-state index is 12.9. The topological polar surface area (TPSA) is 111 Å². The molecule has 0 saturated heterocycles. The van der Waals surface area contributed by atoms with E-state index in [0.717, 1.165) is 32.1 Å². The van der Waals surface area contributed by atoms with Gasteiger partial charge in [-0.15, -0.1) is 0 Å². The van der Waals surface area contributed by atoms with Crippen LogP contribution in [-0.2, 0) is 32.7 Å². The molecule has 0 heterocycles. The minimum absolute atomic E-state index is 0.0335. The molecule has 2 atom stereocenters. The van der Waals surface area contributed by atoms with Gasteiger partial charge in [0.1, 0.15) is 19.8 Å². The van der Waals surface area contributed by atoms with Crippen LogP contribution in [0.3, 0.4) is 0 Å². The molecule has 0 N–H and O–H groups in total. The third-order valence-corrected chi connectivity index (χ3v) is 11.4. The van der Waals surface area contributed by atoms with E-state index >= 15 is 0 Å². The zero-order valence-electron chi connectivity index (χ0n) is 37.1. The van der Waals surface area contributed by atoms with E-state index in [-0.39, 0.29) is 32.0 Å². The number of carbonyl (C=O) groups is 2. The fourth-order valence-electron chi connectivity index (χ4n) is 6.69. The lowest BCUT2D eigenvalue weighted by Crippen LogP contribution is -2.42. The molecule has 0 aromatic rings. The Morgan fingerprint density at radius 2 is 0.836 bits per heavy atom. The molecule has 0 aliphatic rings. The number of phosphoric ester groups is 1. The van der Waals surface area contributed by atoms with Gasteiger partial charge in [0.15, 0.2) is 5.60 Å². The molecule has 0 rings (SSSR count). The van der Waals surface area contributed by atoms with Crippen LogP contribution in [0, 0.1) is 0 Å². The largest absolute Gasteiger partial charge is 0.756 e. The number of ether oxygens (including phenoxy) is 2. The highest BCUT2D eigenvalue weighted by Crippen LogP contribution is 2.39. The highest BCUT2D eigenvalue weighted by Gasteiger charge is 2.33. The number of quaternary nitrogens is 1. The van der Waals surface area contributed by atoms with Gasteiger partial charge in [0.2, 0.25) is 0 Å². The van der Waals surface area contributed by atoms with E-state index in [4.69, 9.17) is 18.5 Å². The van der Waals surface area contributed by atoms with Crippen molar-refractivity contribution in [3.63, 3.8) is 0 Å². The fourth-order valence-corrected chi connectivity index (χ4v) is 7.50. The van der Waals surface area contributed by atoms with Crippen molar-refractivity contribution in [2.24, 2.45) is 0 Å². The Balaban J connectivity index is 4.44. The highest BCUT2D eigenvalue weighted by molar-refractivity contribution is 7.45. The predicted molar refractivity (Wildman–Crippen MR) is 227 cm³/mol. The first-order valence-electron chi connectivity index (χ1n) is 23.1. The molecule has 1 unspecified atom stereocenters. The summed E-state index contributed by atoms with van der Waals surface area (Å²) in [5.74, 6) is -0.838. The number of hydrogen-bond acceptors (Lipinski definition) is 8. The Labute approximate surface area is 340 Å². The molecule has 55 heavy (non-hydrogen) atoms. The molecule has 0 radical (unpaired) electrons. The average molecular weight is 804 g/mol. The van der Waals surface area contributed by atoms with Crippen LogP contribution < -0.4 is 4.89 Å². The van der Waals surface area contributed by atoms with Crippen molar-refractivity contribution in [3.8, 4) is 0 Å². The Morgan fingerprint density at radius 3 is 1.18 bits per heavy atom. The molecule has 0 saturated carbocycles. The summed E-state index contributed by atoms with van der Waals surface area (Å²) in [6.07, 6.45) is 37.8. The van der Waals surface area contributed by atoms with Gasteiger partial charge < -0.3 is 27.9 Å². The number of nitrogens with zero attached hydrogens (tertiary/aromatic N) is 1. The third-order valence-electron chi connectivity index (χ3n) is 10.4. The molecule has 0 aliphatic carbocycles. The first-order valence-corrected chi connectivity index (χ1v) is 24.6. The standard InChI is InChI=1S/C45H90NO8P/c1-7-9-11-13-15-17-19-21-23-25-27-29-31-33-35-37-43(47)51-41-45(3,42-53-55(49,50)52-40-39-46(4,5)6)54-44(48)38-36-34-32-30-28-26-24-22-20-18-16-14-12-10-8-2/h7-42H2,1-6H3/t45-/m1/s1. The maximum absolute atomic E-state index is 12.9. The SMILES string of the molecule is CCCCCCCCCCCCCCCCCC(=O)OC[C@](C)(COP(=O)([O-])OCC[N+](C)(C)C)OC(=O)CCCCCCCCCCCCCCCCC. The molecular weight excluding hydrogens is 713 g/mol. The van der Waals surface area contributed by atoms with E-state index in [9.17, 15) is 19.0 Å².